The fourth-order valence-corrected chi connectivity index (χ4v) is 3.51. The van der Waals surface area contributed by atoms with Crippen LogP contribution in [0.15, 0.2) is 24.3 Å². The minimum atomic E-state index is -0.0962. The van der Waals surface area contributed by atoms with Gasteiger partial charge in [-0.15, -0.1) is 11.3 Å². The minimum Gasteiger partial charge on any atom is -0.355 e. The van der Waals surface area contributed by atoms with Crippen LogP contribution < -0.4 is 10.6 Å². The highest BCUT2D eigenvalue weighted by Crippen LogP contribution is 2.34. The molecule has 0 atom stereocenters. The molecule has 0 aliphatic carbocycles. The standard InChI is InChI=1S/C17H18N4OS/c1-9-10(2)23-17-14(9)15(19-11(3)20-17)21-13-7-5-12(6-8-13)16(22)18-4/h5-8H,1-4H3,(H,18,22)(H,19,20,21). The molecule has 3 rings (SSSR count). The molecule has 0 radical (unpaired) electrons. The maximum atomic E-state index is 11.6. The van der Waals surface area contributed by atoms with Gasteiger partial charge < -0.3 is 10.6 Å². The van der Waals surface area contributed by atoms with Gasteiger partial charge >= 0.3 is 0 Å². The average Bonchev–Trinajstić information content (AvgIpc) is 2.81. The van der Waals surface area contributed by atoms with Crippen molar-refractivity contribution >= 4 is 39.0 Å². The van der Waals surface area contributed by atoms with Crippen LogP contribution in [0.4, 0.5) is 11.5 Å². The van der Waals surface area contributed by atoms with Crippen LogP contribution in [0.3, 0.4) is 0 Å². The third-order valence-electron chi connectivity index (χ3n) is 3.78. The van der Waals surface area contributed by atoms with Crippen molar-refractivity contribution in [2.75, 3.05) is 12.4 Å². The van der Waals surface area contributed by atoms with Gasteiger partial charge in [-0.1, -0.05) is 0 Å². The van der Waals surface area contributed by atoms with Crippen LogP contribution in [-0.2, 0) is 0 Å². The van der Waals surface area contributed by atoms with Gasteiger partial charge in [-0.25, -0.2) is 9.97 Å². The van der Waals surface area contributed by atoms with Crippen molar-refractivity contribution in [3.05, 3.63) is 46.1 Å². The molecule has 2 N–H and O–H groups in total. The first kappa shape index (κ1) is 15.4. The van der Waals surface area contributed by atoms with Crippen LogP contribution in [0, 0.1) is 20.8 Å². The Hall–Kier alpha value is -2.47. The number of carbonyl (C=O) groups excluding carboxylic acids is 1. The number of hydrogen-bond acceptors (Lipinski definition) is 5. The quantitative estimate of drug-likeness (QED) is 0.770. The highest BCUT2D eigenvalue weighted by molar-refractivity contribution is 7.18. The summed E-state index contributed by atoms with van der Waals surface area (Å²) in [7, 11) is 1.62. The van der Waals surface area contributed by atoms with Gasteiger partial charge in [0.05, 0.1) is 5.39 Å². The van der Waals surface area contributed by atoms with E-state index in [2.05, 4.69) is 34.4 Å². The van der Waals surface area contributed by atoms with Crippen molar-refractivity contribution in [1.29, 1.82) is 0 Å². The number of anilines is 2. The number of benzene rings is 1. The lowest BCUT2D eigenvalue weighted by atomic mass is 10.2. The summed E-state index contributed by atoms with van der Waals surface area (Å²) >= 11 is 1.68. The molecule has 2 aromatic heterocycles. The zero-order valence-corrected chi connectivity index (χ0v) is 14.3. The number of aromatic nitrogens is 2. The normalized spacial score (nSPS) is 10.8. The number of amides is 1. The van der Waals surface area contributed by atoms with E-state index in [1.807, 2.05) is 19.1 Å². The zero-order chi connectivity index (χ0) is 16.6. The Morgan fingerprint density at radius 2 is 1.78 bits per heavy atom. The predicted octanol–water partition coefficient (Wildman–Crippen LogP) is 3.72. The van der Waals surface area contributed by atoms with Crippen LogP contribution in [0.5, 0.6) is 0 Å². The molecule has 0 bridgehead atoms. The highest BCUT2D eigenvalue weighted by atomic mass is 32.1. The molecule has 6 heteroatoms. The lowest BCUT2D eigenvalue weighted by molar-refractivity contribution is 0.0963. The first-order chi connectivity index (χ1) is 11.0. The molecule has 118 valence electrons. The van der Waals surface area contributed by atoms with Crippen LogP contribution in [0.25, 0.3) is 10.2 Å². The molecule has 0 aliphatic heterocycles. The molecule has 2 heterocycles. The van der Waals surface area contributed by atoms with Crippen molar-refractivity contribution in [2.45, 2.75) is 20.8 Å². The van der Waals surface area contributed by atoms with Crippen molar-refractivity contribution in [1.82, 2.24) is 15.3 Å². The van der Waals surface area contributed by atoms with Crippen LogP contribution in [0.2, 0.25) is 0 Å². The molecular weight excluding hydrogens is 308 g/mol. The highest BCUT2D eigenvalue weighted by Gasteiger charge is 2.13. The smallest absolute Gasteiger partial charge is 0.251 e. The van der Waals surface area contributed by atoms with Gasteiger partial charge in [0.25, 0.3) is 5.91 Å². The number of fused-ring (bicyclic) bond motifs is 1. The van der Waals surface area contributed by atoms with Crippen molar-refractivity contribution < 1.29 is 4.79 Å². The Kier molecular flexibility index (Phi) is 4.00. The summed E-state index contributed by atoms with van der Waals surface area (Å²) in [6.07, 6.45) is 0. The summed E-state index contributed by atoms with van der Waals surface area (Å²) in [5.74, 6) is 1.45. The van der Waals surface area contributed by atoms with Gasteiger partial charge in [0.1, 0.15) is 16.5 Å². The van der Waals surface area contributed by atoms with Gasteiger partial charge in [0, 0.05) is 23.2 Å². The number of nitrogens with zero attached hydrogens (tertiary/aromatic N) is 2. The third kappa shape index (κ3) is 2.90. The minimum absolute atomic E-state index is 0.0962. The lowest BCUT2D eigenvalue weighted by Crippen LogP contribution is -2.17. The Labute approximate surface area is 138 Å². The van der Waals surface area contributed by atoms with Crippen LogP contribution >= 0.6 is 11.3 Å². The van der Waals surface area contributed by atoms with E-state index < -0.39 is 0 Å². The monoisotopic (exact) mass is 326 g/mol. The van der Waals surface area contributed by atoms with E-state index >= 15 is 0 Å². The second-order valence-corrected chi connectivity index (χ2v) is 6.57. The van der Waals surface area contributed by atoms with Crippen LogP contribution in [0.1, 0.15) is 26.6 Å². The van der Waals surface area contributed by atoms with Gasteiger partial charge in [-0.3, -0.25) is 4.79 Å². The van der Waals surface area contributed by atoms with E-state index in [9.17, 15) is 4.79 Å². The SMILES string of the molecule is CNC(=O)c1ccc(Nc2nc(C)nc3sc(C)c(C)c23)cc1. The lowest BCUT2D eigenvalue weighted by Gasteiger charge is -2.09. The molecule has 1 amide bonds. The summed E-state index contributed by atoms with van der Waals surface area (Å²) in [5.41, 5.74) is 2.72. The Bertz CT molecular complexity index is 884. The van der Waals surface area contributed by atoms with E-state index in [-0.39, 0.29) is 5.91 Å². The first-order valence-electron chi connectivity index (χ1n) is 7.33. The number of rotatable bonds is 3. The molecule has 0 fully saturated rings. The van der Waals surface area contributed by atoms with Crippen molar-refractivity contribution in [3.63, 3.8) is 0 Å². The molecular formula is C17H18N4OS. The van der Waals surface area contributed by atoms with Gasteiger partial charge in [0.2, 0.25) is 0 Å². The van der Waals surface area contributed by atoms with Gasteiger partial charge in [-0.05, 0) is 50.6 Å². The number of thiophene rings is 1. The van der Waals surface area contributed by atoms with E-state index in [0.717, 1.165) is 27.5 Å². The molecule has 0 saturated heterocycles. The molecule has 0 unspecified atom stereocenters. The molecule has 1 aromatic carbocycles. The summed E-state index contributed by atoms with van der Waals surface area (Å²) < 4.78 is 0. The maximum absolute atomic E-state index is 11.6. The molecule has 0 spiro atoms. The topological polar surface area (TPSA) is 66.9 Å². The van der Waals surface area contributed by atoms with Gasteiger partial charge in [0.15, 0.2) is 0 Å². The average molecular weight is 326 g/mol. The second kappa shape index (κ2) is 5.96. The molecule has 5 nitrogen and oxygen atoms in total. The number of carbonyl (C=O) groups is 1. The second-order valence-electron chi connectivity index (χ2n) is 5.36. The molecule has 0 aliphatic rings. The summed E-state index contributed by atoms with van der Waals surface area (Å²) in [6, 6.07) is 7.33. The van der Waals surface area contributed by atoms with Crippen LogP contribution in [-0.4, -0.2) is 22.9 Å². The first-order valence-corrected chi connectivity index (χ1v) is 8.14. The van der Waals surface area contributed by atoms with E-state index in [0.29, 0.717) is 5.56 Å². The largest absolute Gasteiger partial charge is 0.355 e. The fourth-order valence-electron chi connectivity index (χ4n) is 2.43. The molecule has 3 aromatic rings. The number of hydrogen-bond donors (Lipinski definition) is 2. The predicted molar refractivity (Wildman–Crippen MR) is 94.7 cm³/mol. The fraction of sp³-hybridized carbons (Fsp3) is 0.235. The zero-order valence-electron chi connectivity index (χ0n) is 13.5. The van der Waals surface area contributed by atoms with Crippen molar-refractivity contribution in [2.24, 2.45) is 0 Å². The van der Waals surface area contributed by atoms with E-state index in [1.165, 1.54) is 10.4 Å². The molecule has 0 saturated carbocycles. The van der Waals surface area contributed by atoms with E-state index in [4.69, 9.17) is 0 Å². The third-order valence-corrected chi connectivity index (χ3v) is 4.88. The van der Waals surface area contributed by atoms with Crippen molar-refractivity contribution in [3.8, 4) is 0 Å². The Morgan fingerprint density at radius 3 is 2.43 bits per heavy atom. The Morgan fingerprint density at radius 1 is 1.09 bits per heavy atom. The number of aryl methyl sites for hydroxylation is 3. The summed E-state index contributed by atoms with van der Waals surface area (Å²) in [5, 5.41) is 7.03. The summed E-state index contributed by atoms with van der Waals surface area (Å²) in [6.45, 7) is 6.08. The Balaban J connectivity index is 1.99. The maximum Gasteiger partial charge on any atom is 0.251 e. The molecule has 23 heavy (non-hydrogen) atoms. The summed E-state index contributed by atoms with van der Waals surface area (Å²) in [4.78, 5) is 22.9. The number of nitrogens with one attached hydrogen (secondary N) is 2. The van der Waals surface area contributed by atoms with E-state index in [1.54, 1.807) is 30.5 Å². The van der Waals surface area contributed by atoms with Gasteiger partial charge in [-0.2, -0.15) is 0 Å².